The highest BCUT2D eigenvalue weighted by Crippen LogP contribution is 2.20. The maximum Gasteiger partial charge on any atom is 0.310 e. The van der Waals surface area contributed by atoms with Gasteiger partial charge < -0.3 is 9.84 Å². The minimum Gasteiger partial charge on any atom is -0.460 e. The van der Waals surface area contributed by atoms with Crippen LogP contribution in [0.25, 0.3) is 17.0 Å². The Morgan fingerprint density at radius 2 is 2.09 bits per heavy atom. The molecule has 122 valence electrons. The summed E-state index contributed by atoms with van der Waals surface area (Å²) in [5, 5.41) is 10.6. The number of pyridine rings is 1. The van der Waals surface area contributed by atoms with E-state index in [1.807, 2.05) is 51.1 Å². The number of rotatable bonds is 4. The lowest BCUT2D eigenvalue weighted by Gasteiger charge is -2.18. The number of carbonyl (C=O) groups excluding carboxylic acids is 1. The number of hydrogen-bond donors (Lipinski definition) is 1. The second-order valence-corrected chi connectivity index (χ2v) is 6.59. The van der Waals surface area contributed by atoms with E-state index in [1.165, 1.54) is 0 Å². The van der Waals surface area contributed by atoms with Crippen molar-refractivity contribution in [2.24, 2.45) is 0 Å². The number of nitrogens with zero attached hydrogens (tertiary/aromatic N) is 1. The zero-order valence-electron chi connectivity index (χ0n) is 14.0. The number of esters is 1. The van der Waals surface area contributed by atoms with Gasteiger partial charge in [-0.25, -0.2) is 0 Å². The van der Waals surface area contributed by atoms with Gasteiger partial charge in [0.05, 0.1) is 18.0 Å². The van der Waals surface area contributed by atoms with Crippen molar-refractivity contribution in [1.82, 2.24) is 4.98 Å². The molecule has 4 nitrogen and oxygen atoms in total. The number of carbonyl (C=O) groups is 1. The van der Waals surface area contributed by atoms with Crippen molar-refractivity contribution in [2.45, 2.75) is 45.8 Å². The van der Waals surface area contributed by atoms with Gasteiger partial charge in [-0.15, -0.1) is 0 Å². The van der Waals surface area contributed by atoms with Crippen LogP contribution in [0.1, 0.15) is 51.3 Å². The zero-order chi connectivity index (χ0) is 17.0. The van der Waals surface area contributed by atoms with Crippen molar-refractivity contribution in [1.29, 1.82) is 0 Å². The van der Waals surface area contributed by atoms with Gasteiger partial charge >= 0.3 is 5.97 Å². The van der Waals surface area contributed by atoms with Crippen LogP contribution in [-0.2, 0) is 9.53 Å². The summed E-state index contributed by atoms with van der Waals surface area (Å²) in [6.45, 7) is 7.27. The van der Waals surface area contributed by atoms with Crippen LogP contribution in [0.4, 0.5) is 0 Å². The molecule has 0 aliphatic carbocycles. The Bertz CT molecular complexity index is 727. The Labute approximate surface area is 136 Å². The molecule has 0 amide bonds. The summed E-state index contributed by atoms with van der Waals surface area (Å²) in [7, 11) is 0. The molecule has 0 saturated heterocycles. The van der Waals surface area contributed by atoms with E-state index < -0.39 is 11.7 Å². The molecule has 2 aromatic rings. The Balaban J connectivity index is 2.11. The Morgan fingerprint density at radius 3 is 2.74 bits per heavy atom. The molecule has 1 unspecified atom stereocenters. The zero-order valence-corrected chi connectivity index (χ0v) is 14.0. The molecule has 0 aliphatic rings. The number of hydrogen-bond acceptors (Lipinski definition) is 4. The van der Waals surface area contributed by atoms with Gasteiger partial charge in [0.1, 0.15) is 5.60 Å². The summed E-state index contributed by atoms with van der Waals surface area (Å²) in [6, 6.07) is 7.79. The SMILES string of the molecule is CC(O)c1cnc2ccc(C=CCC(=O)OC(C)(C)C)cc2c1. The first kappa shape index (κ1) is 17.2. The Kier molecular flexibility index (Phi) is 5.16. The van der Waals surface area contributed by atoms with Crippen LogP contribution in [0.3, 0.4) is 0 Å². The van der Waals surface area contributed by atoms with E-state index in [2.05, 4.69) is 4.98 Å². The summed E-state index contributed by atoms with van der Waals surface area (Å²) >= 11 is 0. The topological polar surface area (TPSA) is 59.4 Å². The molecule has 0 aliphatic heterocycles. The van der Waals surface area contributed by atoms with Crippen molar-refractivity contribution in [3.8, 4) is 0 Å². The first-order chi connectivity index (χ1) is 10.7. The van der Waals surface area contributed by atoms with E-state index in [0.717, 1.165) is 22.0 Å². The molecule has 0 spiro atoms. The van der Waals surface area contributed by atoms with E-state index in [-0.39, 0.29) is 12.4 Å². The predicted molar refractivity (Wildman–Crippen MR) is 91.9 cm³/mol. The van der Waals surface area contributed by atoms with E-state index in [4.69, 9.17) is 4.74 Å². The lowest BCUT2D eigenvalue weighted by molar-refractivity contribution is -0.153. The number of fused-ring (bicyclic) bond motifs is 1. The molecular formula is C19H23NO3. The smallest absolute Gasteiger partial charge is 0.310 e. The van der Waals surface area contributed by atoms with Crippen LogP contribution < -0.4 is 0 Å². The lowest BCUT2D eigenvalue weighted by atomic mass is 10.1. The number of ether oxygens (including phenoxy) is 1. The fraction of sp³-hybridized carbons (Fsp3) is 0.368. The van der Waals surface area contributed by atoms with Crippen molar-refractivity contribution < 1.29 is 14.6 Å². The molecular weight excluding hydrogens is 290 g/mol. The first-order valence-electron chi connectivity index (χ1n) is 7.71. The lowest BCUT2D eigenvalue weighted by Crippen LogP contribution is -2.23. The van der Waals surface area contributed by atoms with Crippen LogP contribution in [0.15, 0.2) is 36.5 Å². The van der Waals surface area contributed by atoms with Gasteiger partial charge in [0, 0.05) is 11.6 Å². The summed E-state index contributed by atoms with van der Waals surface area (Å²) in [5.74, 6) is -0.243. The Morgan fingerprint density at radius 1 is 1.35 bits per heavy atom. The van der Waals surface area contributed by atoms with Crippen molar-refractivity contribution >= 4 is 22.9 Å². The summed E-state index contributed by atoms with van der Waals surface area (Å²) in [5.41, 5.74) is 2.17. The number of aliphatic hydroxyl groups excluding tert-OH is 1. The third-order valence-electron chi connectivity index (χ3n) is 3.22. The molecule has 1 aromatic heterocycles. The molecule has 1 N–H and O–H groups in total. The molecule has 1 atom stereocenters. The van der Waals surface area contributed by atoms with E-state index >= 15 is 0 Å². The number of aromatic nitrogens is 1. The normalized spacial score (nSPS) is 13.4. The molecule has 0 fully saturated rings. The van der Waals surface area contributed by atoms with Crippen molar-refractivity contribution in [3.05, 3.63) is 47.7 Å². The third kappa shape index (κ3) is 5.18. The minimum absolute atomic E-state index is 0.237. The number of benzene rings is 1. The van der Waals surface area contributed by atoms with Crippen LogP contribution in [0.5, 0.6) is 0 Å². The maximum absolute atomic E-state index is 11.7. The largest absolute Gasteiger partial charge is 0.460 e. The fourth-order valence-corrected chi connectivity index (χ4v) is 2.17. The predicted octanol–water partition coefficient (Wildman–Crippen LogP) is 4.03. The van der Waals surface area contributed by atoms with E-state index in [9.17, 15) is 9.90 Å². The van der Waals surface area contributed by atoms with Gasteiger partial charge in [0.25, 0.3) is 0 Å². The third-order valence-corrected chi connectivity index (χ3v) is 3.22. The molecule has 0 radical (unpaired) electrons. The average molecular weight is 313 g/mol. The molecule has 1 heterocycles. The summed E-state index contributed by atoms with van der Waals surface area (Å²) in [4.78, 5) is 16.0. The monoisotopic (exact) mass is 313 g/mol. The van der Waals surface area contributed by atoms with Crippen molar-refractivity contribution in [3.63, 3.8) is 0 Å². The highest BCUT2D eigenvalue weighted by molar-refractivity contribution is 5.82. The molecule has 0 saturated carbocycles. The molecule has 4 heteroatoms. The maximum atomic E-state index is 11.7. The summed E-state index contributed by atoms with van der Waals surface area (Å²) in [6.07, 6.45) is 5.06. The van der Waals surface area contributed by atoms with Crippen LogP contribution >= 0.6 is 0 Å². The van der Waals surface area contributed by atoms with Crippen LogP contribution in [0, 0.1) is 0 Å². The molecule has 0 bridgehead atoms. The molecule has 1 aromatic carbocycles. The second kappa shape index (κ2) is 6.92. The van der Waals surface area contributed by atoms with Gasteiger partial charge in [0.2, 0.25) is 0 Å². The first-order valence-corrected chi connectivity index (χ1v) is 7.71. The average Bonchev–Trinajstić information content (AvgIpc) is 2.44. The van der Waals surface area contributed by atoms with Crippen molar-refractivity contribution in [2.75, 3.05) is 0 Å². The quantitative estimate of drug-likeness (QED) is 0.866. The minimum atomic E-state index is -0.543. The highest BCUT2D eigenvalue weighted by atomic mass is 16.6. The van der Waals surface area contributed by atoms with E-state index in [1.54, 1.807) is 19.2 Å². The van der Waals surface area contributed by atoms with E-state index in [0.29, 0.717) is 0 Å². The summed E-state index contributed by atoms with van der Waals surface area (Å²) < 4.78 is 5.26. The van der Waals surface area contributed by atoms with Gasteiger partial charge in [-0.2, -0.15) is 0 Å². The fourth-order valence-electron chi connectivity index (χ4n) is 2.17. The van der Waals surface area contributed by atoms with Gasteiger partial charge in [0.15, 0.2) is 0 Å². The van der Waals surface area contributed by atoms with Gasteiger partial charge in [-0.3, -0.25) is 9.78 Å². The number of aliphatic hydroxyl groups is 1. The van der Waals surface area contributed by atoms with Gasteiger partial charge in [-0.1, -0.05) is 18.2 Å². The van der Waals surface area contributed by atoms with Gasteiger partial charge in [-0.05, 0) is 57.0 Å². The highest BCUT2D eigenvalue weighted by Gasteiger charge is 2.14. The van der Waals surface area contributed by atoms with Crippen LogP contribution in [-0.4, -0.2) is 21.7 Å². The standard InChI is InChI=1S/C19H23NO3/c1-13(21)16-11-15-10-14(8-9-17(15)20-12-16)6-5-7-18(22)23-19(2,3)4/h5-6,8-13,21H,7H2,1-4H3. The van der Waals surface area contributed by atoms with Crippen LogP contribution in [0.2, 0.25) is 0 Å². The molecule has 23 heavy (non-hydrogen) atoms. The molecule has 2 rings (SSSR count). The Hall–Kier alpha value is -2.20. The second-order valence-electron chi connectivity index (χ2n) is 6.59.